The normalized spacial score (nSPS) is 23.2. The van der Waals surface area contributed by atoms with Crippen LogP contribution in [0, 0.1) is 5.92 Å². The number of likely N-dealkylation sites (tertiary alicyclic amines) is 1. The van der Waals surface area contributed by atoms with E-state index in [-0.39, 0.29) is 17.9 Å². The summed E-state index contributed by atoms with van der Waals surface area (Å²) in [4.78, 5) is 25.5. The number of nitrogens with one attached hydrogen (secondary N) is 2. The first-order valence-electron chi connectivity index (χ1n) is 7.38. The highest BCUT2D eigenvalue weighted by atomic mass is 16.2. The molecule has 108 valence electrons. The van der Waals surface area contributed by atoms with E-state index >= 15 is 0 Å². The van der Waals surface area contributed by atoms with E-state index in [0.717, 1.165) is 13.0 Å². The molecule has 2 N–H and O–H groups in total. The first-order chi connectivity index (χ1) is 9.06. The largest absolute Gasteiger partial charge is 0.356 e. The molecule has 1 aliphatic heterocycles. The minimum absolute atomic E-state index is 0.00812. The van der Waals surface area contributed by atoms with Crippen molar-refractivity contribution in [1.82, 2.24) is 15.5 Å². The molecule has 2 rings (SSSR count). The summed E-state index contributed by atoms with van der Waals surface area (Å²) in [6.45, 7) is 6.17. The first kappa shape index (κ1) is 14.3. The van der Waals surface area contributed by atoms with Crippen molar-refractivity contribution in [3.63, 3.8) is 0 Å². The predicted molar refractivity (Wildman–Crippen MR) is 73.6 cm³/mol. The Morgan fingerprint density at radius 2 is 2.11 bits per heavy atom. The van der Waals surface area contributed by atoms with Crippen molar-refractivity contribution >= 4 is 11.8 Å². The van der Waals surface area contributed by atoms with Gasteiger partial charge in [-0.15, -0.1) is 0 Å². The van der Waals surface area contributed by atoms with Crippen molar-refractivity contribution in [2.24, 2.45) is 5.92 Å². The van der Waals surface area contributed by atoms with E-state index in [9.17, 15) is 9.59 Å². The van der Waals surface area contributed by atoms with Gasteiger partial charge in [-0.25, -0.2) is 0 Å². The zero-order valence-electron chi connectivity index (χ0n) is 11.9. The van der Waals surface area contributed by atoms with Gasteiger partial charge in [-0.2, -0.15) is 0 Å². The second-order valence-corrected chi connectivity index (χ2v) is 6.06. The monoisotopic (exact) mass is 267 g/mol. The van der Waals surface area contributed by atoms with Gasteiger partial charge in [0.05, 0.1) is 6.04 Å². The van der Waals surface area contributed by atoms with Crippen molar-refractivity contribution in [2.45, 2.75) is 51.6 Å². The van der Waals surface area contributed by atoms with Crippen LogP contribution in [0.2, 0.25) is 0 Å². The van der Waals surface area contributed by atoms with Gasteiger partial charge < -0.3 is 15.5 Å². The van der Waals surface area contributed by atoms with Crippen LogP contribution < -0.4 is 10.6 Å². The van der Waals surface area contributed by atoms with E-state index in [1.807, 2.05) is 4.90 Å². The van der Waals surface area contributed by atoms with E-state index < -0.39 is 0 Å². The summed E-state index contributed by atoms with van der Waals surface area (Å²) in [5.41, 5.74) is 0. The number of hydrogen-bond donors (Lipinski definition) is 2. The van der Waals surface area contributed by atoms with Crippen molar-refractivity contribution in [3.8, 4) is 0 Å². The molecular formula is C14H25N3O2. The molecule has 2 fully saturated rings. The third kappa shape index (κ3) is 4.49. The number of nitrogens with zero attached hydrogens (tertiary/aromatic N) is 1. The molecule has 1 saturated heterocycles. The van der Waals surface area contributed by atoms with Gasteiger partial charge in [0.2, 0.25) is 11.8 Å². The van der Waals surface area contributed by atoms with E-state index in [1.165, 1.54) is 12.8 Å². The summed E-state index contributed by atoms with van der Waals surface area (Å²) in [6.07, 6.45) is 3.68. The third-order valence-corrected chi connectivity index (χ3v) is 3.63. The Kier molecular flexibility index (Phi) is 4.80. The molecular weight excluding hydrogens is 242 g/mol. The Labute approximate surface area is 115 Å². The Hall–Kier alpha value is -1.10. The fourth-order valence-electron chi connectivity index (χ4n) is 2.29. The summed E-state index contributed by atoms with van der Waals surface area (Å²) in [7, 11) is 0. The van der Waals surface area contributed by atoms with E-state index in [2.05, 4.69) is 24.5 Å². The Morgan fingerprint density at radius 3 is 2.74 bits per heavy atom. The molecule has 1 heterocycles. The summed E-state index contributed by atoms with van der Waals surface area (Å²) in [5.74, 6) is 0.674. The Balaban J connectivity index is 1.65. The number of hydrogen-bond acceptors (Lipinski definition) is 3. The Bertz CT molecular complexity index is 340. The van der Waals surface area contributed by atoms with Gasteiger partial charge in [0.25, 0.3) is 0 Å². The average Bonchev–Trinajstić information content (AvgIpc) is 3.11. The van der Waals surface area contributed by atoms with Crippen LogP contribution in [0.3, 0.4) is 0 Å². The summed E-state index contributed by atoms with van der Waals surface area (Å²) >= 11 is 0. The molecule has 1 unspecified atom stereocenters. The lowest BCUT2D eigenvalue weighted by Gasteiger charge is -2.17. The van der Waals surface area contributed by atoms with Gasteiger partial charge >= 0.3 is 0 Å². The lowest BCUT2D eigenvalue weighted by Crippen LogP contribution is -2.40. The molecule has 0 aromatic carbocycles. The zero-order valence-corrected chi connectivity index (χ0v) is 11.9. The van der Waals surface area contributed by atoms with Gasteiger partial charge in [-0.1, -0.05) is 13.8 Å². The van der Waals surface area contributed by atoms with Crippen LogP contribution in [0.25, 0.3) is 0 Å². The van der Waals surface area contributed by atoms with Gasteiger partial charge in [0.15, 0.2) is 0 Å². The number of rotatable bonds is 7. The minimum Gasteiger partial charge on any atom is -0.356 e. The molecule has 2 amide bonds. The zero-order chi connectivity index (χ0) is 13.8. The molecule has 0 spiro atoms. The average molecular weight is 267 g/mol. The maximum atomic E-state index is 12.1. The highest BCUT2D eigenvalue weighted by Crippen LogP contribution is 2.22. The molecule has 1 saturated carbocycles. The number of carbonyl (C=O) groups is 2. The molecule has 1 aliphatic carbocycles. The first-order valence-corrected chi connectivity index (χ1v) is 7.38. The maximum absolute atomic E-state index is 12.1. The standard InChI is InChI=1S/C14H25N3O2/c1-10(2)9-15-13(18)6-8-17-7-5-12(14(17)19)16-11-3-4-11/h10-12,16H,3-9H2,1-2H3,(H,15,18). The molecule has 5 heteroatoms. The van der Waals surface area contributed by atoms with Crippen molar-refractivity contribution in [1.29, 1.82) is 0 Å². The van der Waals surface area contributed by atoms with Crippen molar-refractivity contribution < 1.29 is 9.59 Å². The maximum Gasteiger partial charge on any atom is 0.239 e. The molecule has 0 aromatic rings. The van der Waals surface area contributed by atoms with Crippen LogP contribution in [-0.2, 0) is 9.59 Å². The fourth-order valence-corrected chi connectivity index (χ4v) is 2.29. The Morgan fingerprint density at radius 1 is 1.37 bits per heavy atom. The number of amides is 2. The van der Waals surface area contributed by atoms with Crippen LogP contribution in [0.5, 0.6) is 0 Å². The molecule has 5 nitrogen and oxygen atoms in total. The van der Waals surface area contributed by atoms with Crippen LogP contribution in [0.15, 0.2) is 0 Å². The highest BCUT2D eigenvalue weighted by molar-refractivity contribution is 5.84. The summed E-state index contributed by atoms with van der Waals surface area (Å²) in [6, 6.07) is 0.550. The van der Waals surface area contributed by atoms with Crippen LogP contribution in [0.1, 0.15) is 39.5 Å². The fraction of sp³-hybridized carbons (Fsp3) is 0.857. The van der Waals surface area contributed by atoms with E-state index in [1.54, 1.807) is 0 Å². The smallest absolute Gasteiger partial charge is 0.239 e. The lowest BCUT2D eigenvalue weighted by atomic mass is 10.2. The van der Waals surface area contributed by atoms with Crippen LogP contribution in [-0.4, -0.2) is 48.4 Å². The van der Waals surface area contributed by atoms with Crippen molar-refractivity contribution in [3.05, 3.63) is 0 Å². The van der Waals surface area contributed by atoms with Crippen LogP contribution >= 0.6 is 0 Å². The number of carbonyl (C=O) groups excluding carboxylic acids is 2. The molecule has 0 radical (unpaired) electrons. The van der Waals surface area contributed by atoms with Crippen LogP contribution in [0.4, 0.5) is 0 Å². The summed E-state index contributed by atoms with van der Waals surface area (Å²) < 4.78 is 0. The lowest BCUT2D eigenvalue weighted by molar-refractivity contribution is -0.130. The second-order valence-electron chi connectivity index (χ2n) is 6.06. The van der Waals surface area contributed by atoms with Gasteiger partial charge in [-0.05, 0) is 25.2 Å². The topological polar surface area (TPSA) is 61.4 Å². The van der Waals surface area contributed by atoms with Gasteiger partial charge in [0.1, 0.15) is 0 Å². The quantitative estimate of drug-likeness (QED) is 0.706. The SMILES string of the molecule is CC(C)CNC(=O)CCN1CCC(NC2CC2)C1=O. The minimum atomic E-state index is -0.00812. The second kappa shape index (κ2) is 6.37. The van der Waals surface area contributed by atoms with E-state index in [4.69, 9.17) is 0 Å². The third-order valence-electron chi connectivity index (χ3n) is 3.63. The van der Waals surface area contributed by atoms with E-state index in [0.29, 0.717) is 31.5 Å². The molecule has 1 atom stereocenters. The highest BCUT2D eigenvalue weighted by Gasteiger charge is 2.35. The summed E-state index contributed by atoms with van der Waals surface area (Å²) in [5, 5.41) is 6.25. The molecule has 19 heavy (non-hydrogen) atoms. The van der Waals surface area contributed by atoms with Gasteiger partial charge in [-0.3, -0.25) is 9.59 Å². The molecule has 2 aliphatic rings. The predicted octanol–water partition coefficient (Wildman–Crippen LogP) is 0.502. The molecule has 0 bridgehead atoms. The van der Waals surface area contributed by atoms with Gasteiger partial charge in [0, 0.05) is 32.1 Å². The molecule has 0 aromatic heterocycles. The van der Waals surface area contributed by atoms with Crippen molar-refractivity contribution in [2.75, 3.05) is 19.6 Å².